The topological polar surface area (TPSA) is 0 Å². The van der Waals surface area contributed by atoms with Gasteiger partial charge in [-0.2, -0.15) is 0 Å². The Labute approximate surface area is 170 Å². The molecule has 4 aliphatic rings. The summed E-state index contributed by atoms with van der Waals surface area (Å²) in [4.78, 5) is 0. The highest BCUT2D eigenvalue weighted by Crippen LogP contribution is 2.66. The minimum atomic E-state index is 0.496. The molecule has 0 nitrogen and oxygen atoms in total. The molecule has 0 heteroatoms. The average molecular weight is 371 g/mol. The quantitative estimate of drug-likeness (QED) is 0.427. The summed E-state index contributed by atoms with van der Waals surface area (Å²) >= 11 is 0. The Kier molecular flexibility index (Phi) is 5.59. The van der Waals surface area contributed by atoms with Crippen LogP contribution < -0.4 is 0 Å². The zero-order valence-corrected chi connectivity index (χ0v) is 19.0. The predicted octanol–water partition coefficient (Wildman–Crippen LogP) is 8.27. The zero-order valence-electron chi connectivity index (χ0n) is 19.0. The Bertz CT molecular complexity index is 544. The second kappa shape index (κ2) is 7.53. The Morgan fingerprint density at radius 1 is 0.926 bits per heavy atom. The van der Waals surface area contributed by atoms with E-state index in [1.54, 1.807) is 0 Å². The zero-order chi connectivity index (χ0) is 19.2. The van der Waals surface area contributed by atoms with Crippen molar-refractivity contribution in [2.75, 3.05) is 0 Å². The minimum Gasteiger partial charge on any atom is -0.0840 e. The molecule has 1 unspecified atom stereocenters. The van der Waals surface area contributed by atoms with E-state index in [2.05, 4.69) is 46.8 Å². The molecule has 4 aliphatic carbocycles. The highest BCUT2D eigenvalue weighted by molar-refractivity contribution is 5.20. The fourth-order valence-corrected chi connectivity index (χ4v) is 8.66. The fourth-order valence-electron chi connectivity index (χ4n) is 8.66. The van der Waals surface area contributed by atoms with Gasteiger partial charge in [-0.1, -0.05) is 78.9 Å². The lowest BCUT2D eigenvalue weighted by molar-refractivity contribution is -0.0553. The first kappa shape index (κ1) is 20.0. The third-order valence-corrected chi connectivity index (χ3v) is 10.2. The van der Waals surface area contributed by atoms with Gasteiger partial charge < -0.3 is 0 Å². The van der Waals surface area contributed by atoms with Crippen molar-refractivity contribution in [3.05, 3.63) is 12.2 Å². The van der Waals surface area contributed by atoms with Crippen LogP contribution in [0.2, 0.25) is 0 Å². The van der Waals surface area contributed by atoms with Crippen LogP contribution in [0.3, 0.4) is 0 Å². The average Bonchev–Trinajstić information content (AvgIpc) is 2.98. The van der Waals surface area contributed by atoms with E-state index < -0.39 is 0 Å². The van der Waals surface area contributed by atoms with E-state index in [9.17, 15) is 0 Å². The monoisotopic (exact) mass is 370 g/mol. The van der Waals surface area contributed by atoms with E-state index >= 15 is 0 Å². The molecule has 27 heavy (non-hydrogen) atoms. The summed E-state index contributed by atoms with van der Waals surface area (Å²) in [6.07, 6.45) is 21.9. The smallest absolute Gasteiger partial charge is 0.00845 e. The van der Waals surface area contributed by atoms with Gasteiger partial charge in [0.25, 0.3) is 0 Å². The predicted molar refractivity (Wildman–Crippen MR) is 118 cm³/mol. The summed E-state index contributed by atoms with van der Waals surface area (Å²) < 4.78 is 0. The Morgan fingerprint density at radius 2 is 1.74 bits per heavy atom. The van der Waals surface area contributed by atoms with E-state index in [0.29, 0.717) is 10.8 Å². The fraction of sp³-hybridized carbons (Fsp3) is 0.926. The number of hydrogen-bond donors (Lipinski definition) is 0. The van der Waals surface area contributed by atoms with Crippen molar-refractivity contribution < 1.29 is 0 Å². The largest absolute Gasteiger partial charge is 0.0840 e. The van der Waals surface area contributed by atoms with Gasteiger partial charge in [0, 0.05) is 0 Å². The number of fused-ring (bicyclic) bond motifs is 5. The first-order chi connectivity index (χ1) is 12.9. The van der Waals surface area contributed by atoms with Crippen LogP contribution in [-0.2, 0) is 0 Å². The molecule has 0 N–H and O–H groups in total. The molecule has 0 spiro atoms. The number of hydrogen-bond acceptors (Lipinski definition) is 0. The van der Waals surface area contributed by atoms with Crippen molar-refractivity contribution in [1.29, 1.82) is 0 Å². The maximum atomic E-state index is 2.78. The van der Waals surface area contributed by atoms with Crippen LogP contribution in [0.4, 0.5) is 0 Å². The molecule has 154 valence electrons. The lowest BCUT2D eigenvalue weighted by atomic mass is 9.46. The molecule has 0 aromatic carbocycles. The summed E-state index contributed by atoms with van der Waals surface area (Å²) in [7, 11) is 0. The van der Waals surface area contributed by atoms with Gasteiger partial charge in [0.05, 0.1) is 0 Å². The molecule has 3 saturated carbocycles. The molecule has 8 atom stereocenters. The van der Waals surface area contributed by atoms with E-state index in [1.807, 2.05) is 0 Å². The molecule has 0 heterocycles. The van der Waals surface area contributed by atoms with E-state index in [4.69, 9.17) is 0 Å². The summed E-state index contributed by atoms with van der Waals surface area (Å²) in [5.41, 5.74) is 1.12. The SMILES string of the molecule is CC(C)CCC[C@@H](C)[C@H]1CC[C@H]2[C@@H]3CCC4CCCC[C@]4(C)[C@H]3C=C[C@]12C. The summed E-state index contributed by atoms with van der Waals surface area (Å²) in [5.74, 6) is 6.59. The molecule has 4 rings (SSSR count). The summed E-state index contributed by atoms with van der Waals surface area (Å²) in [6.45, 7) is 12.7. The second-order valence-electron chi connectivity index (χ2n) is 12.0. The van der Waals surface area contributed by atoms with Gasteiger partial charge in [-0.25, -0.2) is 0 Å². The van der Waals surface area contributed by atoms with Crippen molar-refractivity contribution in [2.45, 2.75) is 105 Å². The van der Waals surface area contributed by atoms with Crippen molar-refractivity contribution in [2.24, 2.45) is 52.3 Å². The Hall–Kier alpha value is -0.260. The third-order valence-electron chi connectivity index (χ3n) is 10.2. The van der Waals surface area contributed by atoms with Crippen LogP contribution in [0.5, 0.6) is 0 Å². The van der Waals surface area contributed by atoms with Crippen molar-refractivity contribution >= 4 is 0 Å². The van der Waals surface area contributed by atoms with Crippen LogP contribution in [0.15, 0.2) is 12.2 Å². The molecule has 0 aromatic heterocycles. The molecule has 3 fully saturated rings. The van der Waals surface area contributed by atoms with Crippen LogP contribution in [0.25, 0.3) is 0 Å². The molecule has 0 aromatic rings. The van der Waals surface area contributed by atoms with Crippen molar-refractivity contribution in [3.63, 3.8) is 0 Å². The Balaban J connectivity index is 1.51. The number of allylic oxidation sites excluding steroid dienone is 2. The summed E-state index contributed by atoms with van der Waals surface area (Å²) in [5, 5.41) is 0. The van der Waals surface area contributed by atoms with Crippen LogP contribution in [0, 0.1) is 52.3 Å². The van der Waals surface area contributed by atoms with Crippen LogP contribution in [0.1, 0.15) is 105 Å². The molecule has 0 bridgehead atoms. The molecule has 0 aliphatic heterocycles. The van der Waals surface area contributed by atoms with Gasteiger partial charge in [0.1, 0.15) is 0 Å². The normalized spacial score (nSPS) is 47.4. The van der Waals surface area contributed by atoms with Crippen molar-refractivity contribution in [1.82, 2.24) is 0 Å². The second-order valence-corrected chi connectivity index (χ2v) is 12.0. The van der Waals surface area contributed by atoms with E-state index in [-0.39, 0.29) is 0 Å². The molecular formula is C27H46. The first-order valence-corrected chi connectivity index (χ1v) is 12.6. The van der Waals surface area contributed by atoms with Crippen LogP contribution >= 0.6 is 0 Å². The highest BCUT2D eigenvalue weighted by Gasteiger charge is 2.58. The molecule has 0 amide bonds. The van der Waals surface area contributed by atoms with Crippen molar-refractivity contribution in [3.8, 4) is 0 Å². The highest BCUT2D eigenvalue weighted by atomic mass is 14.6. The van der Waals surface area contributed by atoms with E-state index in [1.165, 1.54) is 70.6 Å². The van der Waals surface area contributed by atoms with Gasteiger partial charge in [-0.3, -0.25) is 0 Å². The lowest BCUT2D eigenvalue weighted by Gasteiger charge is -2.58. The number of rotatable bonds is 5. The molecule has 0 saturated heterocycles. The van der Waals surface area contributed by atoms with Crippen LogP contribution in [-0.4, -0.2) is 0 Å². The van der Waals surface area contributed by atoms with Gasteiger partial charge in [0.15, 0.2) is 0 Å². The molecular weight excluding hydrogens is 324 g/mol. The third kappa shape index (κ3) is 3.36. The first-order valence-electron chi connectivity index (χ1n) is 12.6. The maximum absolute atomic E-state index is 2.78. The van der Waals surface area contributed by atoms with Gasteiger partial charge in [0.2, 0.25) is 0 Å². The van der Waals surface area contributed by atoms with E-state index in [0.717, 1.165) is 41.4 Å². The molecule has 0 radical (unpaired) electrons. The lowest BCUT2D eigenvalue weighted by Crippen LogP contribution is -2.50. The summed E-state index contributed by atoms with van der Waals surface area (Å²) in [6, 6.07) is 0. The van der Waals surface area contributed by atoms with Gasteiger partial charge in [-0.15, -0.1) is 0 Å². The standard InChI is InChI=1S/C27H46/c1-19(2)9-8-10-20(3)23-14-15-24-22-13-12-21-11-6-7-17-26(21,4)25(22)16-18-27(23,24)5/h16,18-25H,6-15,17H2,1-5H3/t20-,21?,22+,23-,24+,25+,26+,27-/m1/s1. The van der Waals surface area contributed by atoms with Gasteiger partial charge in [-0.05, 0) is 90.8 Å². The minimum absolute atomic E-state index is 0.496. The maximum Gasteiger partial charge on any atom is -0.00845 e. The Morgan fingerprint density at radius 3 is 2.52 bits per heavy atom. The van der Waals surface area contributed by atoms with Gasteiger partial charge >= 0.3 is 0 Å².